The number of aromatic hydroxyl groups is 2. The monoisotopic (exact) mass is 770 g/mol. The number of phenols is 2. The van der Waals surface area contributed by atoms with E-state index in [1.54, 1.807) is 26.4 Å². The number of likely N-dealkylation sites (N-methyl/N-ethyl adjacent to an activating group) is 1. The van der Waals surface area contributed by atoms with E-state index < -0.39 is 30.1 Å². The Labute approximate surface area is 326 Å². The molecule has 3 aliphatic heterocycles. The summed E-state index contributed by atoms with van der Waals surface area (Å²) >= 11 is 0. The van der Waals surface area contributed by atoms with E-state index in [4.69, 9.17) is 32.8 Å². The first-order chi connectivity index (χ1) is 27.0. The molecule has 4 heterocycles. The highest BCUT2D eigenvalue weighted by atomic mass is 16.5. The zero-order valence-electron chi connectivity index (χ0n) is 33.1. The van der Waals surface area contributed by atoms with Crippen LogP contribution in [0.2, 0.25) is 0 Å². The number of rotatable bonds is 10. The highest BCUT2D eigenvalue weighted by Gasteiger charge is 2.50. The molecule has 56 heavy (non-hydrogen) atoms. The van der Waals surface area contributed by atoms with E-state index in [1.165, 1.54) is 14.2 Å². The second-order valence-electron chi connectivity index (χ2n) is 14.8. The lowest BCUT2D eigenvalue weighted by Crippen LogP contribution is -2.55. The predicted octanol–water partition coefficient (Wildman–Crippen LogP) is 5.50. The number of phenolic OH excluding ortho intramolecular Hbond substituents is 2. The second kappa shape index (κ2) is 15.6. The van der Waals surface area contributed by atoms with Gasteiger partial charge in [0.2, 0.25) is 0 Å². The summed E-state index contributed by atoms with van der Waals surface area (Å²) in [6.45, 7) is 4.92. The summed E-state index contributed by atoms with van der Waals surface area (Å²) in [7, 11) is 9.94. The third-order valence-electron chi connectivity index (χ3n) is 11.6. The van der Waals surface area contributed by atoms with Crippen molar-refractivity contribution in [2.75, 3.05) is 62.3 Å². The molecule has 14 heteroatoms. The summed E-state index contributed by atoms with van der Waals surface area (Å²) < 4.78 is 41.1. The molecule has 298 valence electrons. The standard InChI is InChI=1S/C42H50N4O10/c1-21-38(50-5)27-17-24(19-43)46-29(35(45(3)4)34(27)37(48)41(21)53-8)18-28-33(36(47)40(52-7)22(2)39(28)51-6)30(46)20-44-42(49)32-16-23-15-26(9-10-31(23)56-32)55-25-11-13-54-14-12-25/h9-10,15-16,24-25,29-30,35,47-48H,11-14,17-18,20H2,1-8H3,(H,44,49)/t24-,29?,30?,35+/m1/s1. The van der Waals surface area contributed by atoms with E-state index in [-0.39, 0.29) is 42.1 Å². The van der Waals surface area contributed by atoms with Crippen molar-refractivity contribution < 1.29 is 47.8 Å². The fourth-order valence-corrected chi connectivity index (χ4v) is 9.22. The summed E-state index contributed by atoms with van der Waals surface area (Å²) in [6.07, 6.45) is 2.17. The summed E-state index contributed by atoms with van der Waals surface area (Å²) in [4.78, 5) is 18.0. The van der Waals surface area contributed by atoms with Gasteiger partial charge >= 0.3 is 0 Å². The number of nitrogens with zero attached hydrogens (tertiary/aromatic N) is 3. The number of carbonyl (C=O) groups is 1. The van der Waals surface area contributed by atoms with E-state index in [1.807, 2.05) is 49.9 Å². The Kier molecular flexibility index (Phi) is 10.9. The second-order valence-corrected chi connectivity index (χ2v) is 14.8. The zero-order valence-corrected chi connectivity index (χ0v) is 33.1. The molecule has 0 bridgehead atoms. The number of nitriles is 1. The van der Waals surface area contributed by atoms with E-state index in [9.17, 15) is 20.3 Å². The maximum Gasteiger partial charge on any atom is 0.287 e. The SMILES string of the molecule is COc1c(C)c(OC)c2c(c1O)C(CNC(=O)c1cc3cc(OC4CCOCC4)ccc3o1)N1C(C2)[C@H](N(C)C)c2c(O)c(OC)c(C)c(OC)c2C[C@@H]1C#N. The molecule has 3 N–H and O–H groups in total. The molecular weight excluding hydrogens is 720 g/mol. The van der Waals surface area contributed by atoms with Gasteiger partial charge in [0.1, 0.15) is 35.0 Å². The third-order valence-corrected chi connectivity index (χ3v) is 11.6. The van der Waals surface area contributed by atoms with Crippen LogP contribution >= 0.6 is 0 Å². The number of ether oxygens (including phenoxy) is 6. The van der Waals surface area contributed by atoms with Crippen LogP contribution < -0.4 is 29.0 Å². The molecule has 0 spiro atoms. The summed E-state index contributed by atoms with van der Waals surface area (Å²) in [5.41, 5.74) is 4.21. The van der Waals surface area contributed by atoms with Crippen LogP contribution in [0.4, 0.5) is 0 Å². The normalized spacial score (nSPS) is 21.0. The Morgan fingerprint density at radius 3 is 2.11 bits per heavy atom. The fourth-order valence-electron chi connectivity index (χ4n) is 9.22. The number of methoxy groups -OCH3 is 4. The van der Waals surface area contributed by atoms with E-state index in [0.29, 0.717) is 87.0 Å². The molecule has 4 aromatic rings. The molecule has 1 amide bonds. The lowest BCUT2D eigenvalue weighted by atomic mass is 9.80. The van der Waals surface area contributed by atoms with Gasteiger partial charge in [-0.3, -0.25) is 9.69 Å². The van der Waals surface area contributed by atoms with E-state index in [0.717, 1.165) is 12.8 Å². The van der Waals surface area contributed by atoms with Crippen LogP contribution in [0.25, 0.3) is 11.0 Å². The van der Waals surface area contributed by atoms with Crippen LogP contribution in [0.15, 0.2) is 28.7 Å². The average Bonchev–Trinajstić information content (AvgIpc) is 3.55. The number of hydrogen-bond donors (Lipinski definition) is 3. The summed E-state index contributed by atoms with van der Waals surface area (Å²) in [5, 5.41) is 38.7. The highest BCUT2D eigenvalue weighted by molar-refractivity contribution is 5.96. The van der Waals surface area contributed by atoms with Gasteiger partial charge in [-0.05, 0) is 58.6 Å². The quantitative estimate of drug-likeness (QED) is 0.185. The van der Waals surface area contributed by atoms with Crippen LogP contribution in [0.3, 0.4) is 0 Å². The van der Waals surface area contributed by atoms with Crippen molar-refractivity contribution in [1.82, 2.24) is 15.1 Å². The van der Waals surface area contributed by atoms with Crippen molar-refractivity contribution in [3.05, 3.63) is 63.4 Å². The summed E-state index contributed by atoms with van der Waals surface area (Å²) in [6, 6.07) is 7.14. The highest BCUT2D eigenvalue weighted by Crippen LogP contribution is 2.56. The van der Waals surface area contributed by atoms with E-state index in [2.05, 4.69) is 11.4 Å². The minimum atomic E-state index is -0.794. The Balaban J connectivity index is 1.32. The number of hydrogen-bond acceptors (Lipinski definition) is 13. The Morgan fingerprint density at radius 2 is 1.52 bits per heavy atom. The van der Waals surface area contributed by atoms with Crippen LogP contribution in [0.1, 0.15) is 68.9 Å². The first-order valence-electron chi connectivity index (χ1n) is 18.8. The molecule has 3 aliphatic rings. The maximum absolute atomic E-state index is 14.0. The first-order valence-corrected chi connectivity index (χ1v) is 18.8. The summed E-state index contributed by atoms with van der Waals surface area (Å²) in [5.74, 6) is 1.76. The molecule has 4 atom stereocenters. The van der Waals surface area contributed by atoms with Crippen molar-refractivity contribution in [3.8, 4) is 46.3 Å². The maximum atomic E-state index is 14.0. The van der Waals surface area contributed by atoms with Crippen molar-refractivity contribution in [1.29, 1.82) is 5.26 Å². The smallest absolute Gasteiger partial charge is 0.287 e. The molecule has 1 aromatic heterocycles. The van der Waals surface area contributed by atoms with Crippen molar-refractivity contribution in [2.45, 2.75) is 69.8 Å². The van der Waals surface area contributed by atoms with Crippen molar-refractivity contribution in [2.24, 2.45) is 0 Å². The minimum Gasteiger partial charge on any atom is -0.504 e. The van der Waals surface area contributed by atoms with Gasteiger partial charge in [-0.2, -0.15) is 5.26 Å². The zero-order chi connectivity index (χ0) is 40.0. The minimum absolute atomic E-state index is 0.0272. The first kappa shape index (κ1) is 38.9. The predicted molar refractivity (Wildman–Crippen MR) is 207 cm³/mol. The molecule has 0 aliphatic carbocycles. The number of amides is 1. The fraction of sp³-hybridized carbons (Fsp3) is 0.476. The van der Waals surface area contributed by atoms with Gasteiger partial charge in [0.05, 0.1) is 59.8 Å². The Morgan fingerprint density at radius 1 is 0.911 bits per heavy atom. The molecule has 3 aromatic carbocycles. The Hall–Kier alpha value is -5.36. The topological polar surface area (TPSA) is 168 Å². The number of furan rings is 1. The van der Waals surface area contributed by atoms with Crippen molar-refractivity contribution in [3.63, 3.8) is 0 Å². The molecule has 1 fully saturated rings. The van der Waals surface area contributed by atoms with Crippen molar-refractivity contribution >= 4 is 16.9 Å². The molecule has 14 nitrogen and oxygen atoms in total. The largest absolute Gasteiger partial charge is 0.504 e. The number of fused-ring (bicyclic) bond motifs is 4. The van der Waals surface area contributed by atoms with Crippen LogP contribution in [0.5, 0.6) is 40.2 Å². The lowest BCUT2D eigenvalue weighted by Gasteiger charge is -2.48. The van der Waals surface area contributed by atoms with Gasteiger partial charge in [0.25, 0.3) is 5.91 Å². The number of benzene rings is 3. The molecule has 0 saturated carbocycles. The number of carbonyl (C=O) groups excluding carboxylic acids is 1. The average molecular weight is 771 g/mol. The van der Waals surface area contributed by atoms with Gasteiger partial charge in [0.15, 0.2) is 28.8 Å². The molecule has 2 unspecified atom stereocenters. The van der Waals surface area contributed by atoms with Crippen LogP contribution in [0, 0.1) is 25.2 Å². The molecular formula is C42H50N4O10. The Bertz CT molecular complexity index is 2190. The molecule has 0 radical (unpaired) electrons. The van der Waals surface area contributed by atoms with Gasteiger partial charge in [-0.1, -0.05) is 0 Å². The third kappa shape index (κ3) is 6.47. The van der Waals surface area contributed by atoms with E-state index >= 15 is 0 Å². The molecule has 7 rings (SSSR count). The van der Waals surface area contributed by atoms with Crippen LogP contribution in [-0.2, 0) is 17.6 Å². The van der Waals surface area contributed by atoms with Crippen LogP contribution in [-0.4, -0.2) is 106 Å². The van der Waals surface area contributed by atoms with Gasteiger partial charge < -0.3 is 53.3 Å². The molecule has 1 saturated heterocycles. The van der Waals surface area contributed by atoms with Gasteiger partial charge in [-0.25, -0.2) is 0 Å². The lowest BCUT2D eigenvalue weighted by molar-refractivity contribution is 0.0256. The van der Waals surface area contributed by atoms with Gasteiger partial charge in [-0.15, -0.1) is 0 Å². The number of nitrogens with one attached hydrogen (secondary N) is 1. The van der Waals surface area contributed by atoms with Gasteiger partial charge in [0, 0.05) is 70.6 Å².